The van der Waals surface area contributed by atoms with Crippen molar-refractivity contribution < 1.29 is 24.2 Å². The molecule has 9 heteroatoms. The van der Waals surface area contributed by atoms with Crippen molar-refractivity contribution in [3.05, 3.63) is 77.6 Å². The summed E-state index contributed by atoms with van der Waals surface area (Å²) in [5, 5.41) is 18.7. The molecular weight excluding hydrogens is 448 g/mol. The summed E-state index contributed by atoms with van der Waals surface area (Å²) in [6.07, 6.45) is 1.29. The van der Waals surface area contributed by atoms with Crippen LogP contribution in [0.5, 0.6) is 0 Å². The molecule has 2 amide bonds. The number of aromatic nitrogens is 2. The average molecular weight is 477 g/mol. The molecule has 0 saturated heterocycles. The first kappa shape index (κ1) is 24.0. The molecule has 0 saturated carbocycles. The summed E-state index contributed by atoms with van der Waals surface area (Å²) in [6.45, 7) is 1.97. The number of benzene rings is 2. The maximum absolute atomic E-state index is 12.4. The number of nitrogens with zero attached hydrogens (tertiary/aromatic N) is 2. The van der Waals surface area contributed by atoms with Gasteiger partial charge in [0.15, 0.2) is 6.04 Å². The van der Waals surface area contributed by atoms with Gasteiger partial charge in [-0.2, -0.15) is 5.10 Å². The zero-order chi connectivity index (χ0) is 24.9. The number of aliphatic carboxylic acids is 1. The molecule has 3 N–H and O–H groups in total. The molecule has 35 heavy (non-hydrogen) atoms. The Balaban J connectivity index is 1.26. The molecule has 0 spiro atoms. The Morgan fingerprint density at radius 2 is 1.66 bits per heavy atom. The van der Waals surface area contributed by atoms with Crippen LogP contribution in [0.4, 0.5) is 4.79 Å². The van der Waals surface area contributed by atoms with Crippen LogP contribution in [0.2, 0.25) is 0 Å². The molecule has 9 nitrogen and oxygen atoms in total. The lowest BCUT2D eigenvalue weighted by molar-refractivity contribution is -0.142. The van der Waals surface area contributed by atoms with Crippen molar-refractivity contribution in [3.63, 3.8) is 0 Å². The Morgan fingerprint density at radius 1 is 1.03 bits per heavy atom. The van der Waals surface area contributed by atoms with Crippen molar-refractivity contribution in [3.8, 4) is 11.1 Å². The number of carbonyl (C=O) groups is 3. The van der Waals surface area contributed by atoms with Crippen LogP contribution in [-0.4, -0.2) is 45.5 Å². The molecule has 2 aromatic carbocycles. The Labute approximate surface area is 203 Å². The van der Waals surface area contributed by atoms with Crippen LogP contribution in [0, 0.1) is 0 Å². The Morgan fingerprint density at radius 3 is 2.23 bits per heavy atom. The summed E-state index contributed by atoms with van der Waals surface area (Å²) in [4.78, 5) is 36.3. The Kier molecular flexibility index (Phi) is 7.14. The van der Waals surface area contributed by atoms with Gasteiger partial charge in [0, 0.05) is 31.6 Å². The standard InChI is InChI=1S/C26H28N4O5/c1-16(11-12-23(31)29-24(25(32)33)22-13-14-27-30(22)2)28-26(34)35-15-21-19-9-5-3-7-17(19)18-8-4-6-10-20(18)21/h3-10,13-14,16,21,24H,11-12,15H2,1-2H3,(H,28,34)(H,29,31)(H,32,33). The molecule has 4 rings (SSSR count). The highest BCUT2D eigenvalue weighted by Gasteiger charge is 2.29. The van der Waals surface area contributed by atoms with E-state index in [4.69, 9.17) is 4.74 Å². The first-order chi connectivity index (χ1) is 16.8. The number of rotatable bonds is 9. The number of alkyl carbamates (subject to hydrolysis) is 1. The minimum absolute atomic E-state index is 0.0332. The molecule has 0 bridgehead atoms. The maximum Gasteiger partial charge on any atom is 0.407 e. The zero-order valence-corrected chi connectivity index (χ0v) is 19.6. The minimum atomic E-state index is -1.19. The topological polar surface area (TPSA) is 123 Å². The van der Waals surface area contributed by atoms with E-state index in [2.05, 4.69) is 40.0 Å². The molecule has 1 aromatic heterocycles. The van der Waals surface area contributed by atoms with Crippen molar-refractivity contribution >= 4 is 18.0 Å². The first-order valence-corrected chi connectivity index (χ1v) is 11.5. The summed E-state index contributed by atoms with van der Waals surface area (Å²) in [5.41, 5.74) is 4.94. The molecule has 0 fully saturated rings. The van der Waals surface area contributed by atoms with E-state index in [1.807, 2.05) is 24.3 Å². The third-order valence-electron chi connectivity index (χ3n) is 6.22. The van der Waals surface area contributed by atoms with Crippen LogP contribution in [0.1, 0.15) is 48.5 Å². The van der Waals surface area contributed by atoms with Crippen molar-refractivity contribution in [1.29, 1.82) is 0 Å². The van der Waals surface area contributed by atoms with Crippen molar-refractivity contribution in [2.24, 2.45) is 7.05 Å². The number of hydrogen-bond donors (Lipinski definition) is 3. The van der Waals surface area contributed by atoms with Crippen molar-refractivity contribution in [2.75, 3.05) is 6.61 Å². The van der Waals surface area contributed by atoms with Gasteiger partial charge in [0.05, 0.1) is 5.69 Å². The number of ether oxygens (including phenoxy) is 1. The number of fused-ring (bicyclic) bond motifs is 3. The van der Waals surface area contributed by atoms with Gasteiger partial charge in [0.1, 0.15) is 6.61 Å². The molecule has 0 radical (unpaired) electrons. The van der Waals surface area contributed by atoms with Gasteiger partial charge in [0.25, 0.3) is 0 Å². The molecule has 2 unspecified atom stereocenters. The predicted molar refractivity (Wildman–Crippen MR) is 129 cm³/mol. The number of amides is 2. The third-order valence-corrected chi connectivity index (χ3v) is 6.22. The lowest BCUT2D eigenvalue weighted by Gasteiger charge is -2.18. The third kappa shape index (κ3) is 5.34. The first-order valence-electron chi connectivity index (χ1n) is 11.5. The van der Waals surface area contributed by atoms with Gasteiger partial charge in [-0.3, -0.25) is 9.48 Å². The second-order valence-corrected chi connectivity index (χ2v) is 8.63. The minimum Gasteiger partial charge on any atom is -0.479 e. The summed E-state index contributed by atoms with van der Waals surface area (Å²) < 4.78 is 6.94. The monoisotopic (exact) mass is 476 g/mol. The fourth-order valence-corrected chi connectivity index (χ4v) is 4.42. The number of carboxylic acids is 1. The van der Waals surface area contributed by atoms with E-state index in [1.165, 1.54) is 10.9 Å². The summed E-state index contributed by atoms with van der Waals surface area (Å²) in [6, 6.07) is 16.2. The van der Waals surface area contributed by atoms with Crippen LogP contribution in [-0.2, 0) is 21.4 Å². The van der Waals surface area contributed by atoms with Crippen LogP contribution in [0.15, 0.2) is 60.8 Å². The highest BCUT2D eigenvalue weighted by molar-refractivity contribution is 5.84. The number of carboxylic acid groups (broad SMARTS) is 1. The second-order valence-electron chi connectivity index (χ2n) is 8.63. The molecular formula is C26H28N4O5. The summed E-state index contributed by atoms with van der Waals surface area (Å²) in [7, 11) is 1.61. The fourth-order valence-electron chi connectivity index (χ4n) is 4.42. The van der Waals surface area contributed by atoms with E-state index < -0.39 is 24.0 Å². The number of hydrogen-bond acceptors (Lipinski definition) is 5. The van der Waals surface area contributed by atoms with Crippen LogP contribution in [0.3, 0.4) is 0 Å². The molecule has 2 atom stereocenters. The van der Waals surface area contributed by atoms with Gasteiger partial charge in [-0.25, -0.2) is 9.59 Å². The van der Waals surface area contributed by atoms with Gasteiger partial charge in [-0.05, 0) is 41.7 Å². The molecule has 182 valence electrons. The van der Waals surface area contributed by atoms with Gasteiger partial charge in [0.2, 0.25) is 5.91 Å². The van der Waals surface area contributed by atoms with E-state index in [1.54, 1.807) is 20.0 Å². The van der Waals surface area contributed by atoms with Gasteiger partial charge >= 0.3 is 12.1 Å². The van der Waals surface area contributed by atoms with E-state index in [0.29, 0.717) is 12.1 Å². The molecule has 1 aliphatic carbocycles. The molecule has 1 aliphatic rings. The van der Waals surface area contributed by atoms with Gasteiger partial charge in [-0.1, -0.05) is 48.5 Å². The van der Waals surface area contributed by atoms with Gasteiger partial charge < -0.3 is 20.5 Å². The Hall–Kier alpha value is -4.14. The fraction of sp³-hybridized carbons (Fsp3) is 0.308. The van der Waals surface area contributed by atoms with Crippen molar-refractivity contribution in [2.45, 2.75) is 37.8 Å². The largest absolute Gasteiger partial charge is 0.479 e. The average Bonchev–Trinajstić information content (AvgIpc) is 3.40. The number of aryl methyl sites for hydroxylation is 1. The van der Waals surface area contributed by atoms with E-state index >= 15 is 0 Å². The molecule has 0 aliphatic heterocycles. The summed E-state index contributed by atoms with van der Waals surface area (Å²) >= 11 is 0. The summed E-state index contributed by atoms with van der Waals surface area (Å²) in [5.74, 6) is -1.64. The predicted octanol–water partition coefficient (Wildman–Crippen LogP) is 3.37. The number of nitrogens with one attached hydrogen (secondary N) is 2. The normalized spacial score (nSPS) is 13.9. The Bertz CT molecular complexity index is 1190. The second kappa shape index (κ2) is 10.4. The van der Waals surface area contributed by atoms with E-state index in [-0.39, 0.29) is 25.0 Å². The van der Waals surface area contributed by atoms with Crippen LogP contribution >= 0.6 is 0 Å². The van der Waals surface area contributed by atoms with E-state index in [0.717, 1.165) is 22.3 Å². The quantitative estimate of drug-likeness (QED) is 0.435. The lowest BCUT2D eigenvalue weighted by atomic mass is 9.98. The van der Waals surface area contributed by atoms with Crippen LogP contribution in [0.25, 0.3) is 11.1 Å². The number of carbonyl (C=O) groups excluding carboxylic acids is 2. The van der Waals surface area contributed by atoms with Gasteiger partial charge in [-0.15, -0.1) is 0 Å². The van der Waals surface area contributed by atoms with Crippen LogP contribution < -0.4 is 10.6 Å². The highest BCUT2D eigenvalue weighted by atomic mass is 16.5. The molecule has 3 aromatic rings. The van der Waals surface area contributed by atoms with Crippen molar-refractivity contribution in [1.82, 2.24) is 20.4 Å². The lowest BCUT2D eigenvalue weighted by Crippen LogP contribution is -2.37. The highest BCUT2D eigenvalue weighted by Crippen LogP contribution is 2.44. The maximum atomic E-state index is 12.4. The zero-order valence-electron chi connectivity index (χ0n) is 19.6. The molecule has 1 heterocycles. The van der Waals surface area contributed by atoms with E-state index in [9.17, 15) is 19.5 Å². The SMILES string of the molecule is CC(CCC(=O)NC(C(=O)O)c1ccnn1C)NC(=O)OCC1c2ccccc2-c2ccccc21. The smallest absolute Gasteiger partial charge is 0.407 e.